The highest BCUT2D eigenvalue weighted by molar-refractivity contribution is 6.03. The normalized spacial score (nSPS) is 27.1. The molecular weight excluding hydrogens is 236 g/mol. The van der Waals surface area contributed by atoms with Crippen LogP contribution in [0.5, 0.6) is 0 Å². The highest BCUT2D eigenvalue weighted by atomic mass is 16.2. The fourth-order valence-electron chi connectivity index (χ4n) is 3.58. The van der Waals surface area contributed by atoms with Crippen molar-refractivity contribution in [1.82, 2.24) is 4.90 Å². The Bertz CT molecular complexity index is 470. The fraction of sp³-hybridized carbons (Fsp3) is 0.562. The van der Waals surface area contributed by atoms with Gasteiger partial charge in [-0.1, -0.05) is 25.1 Å². The molecule has 2 aliphatic heterocycles. The van der Waals surface area contributed by atoms with Crippen molar-refractivity contribution >= 4 is 11.6 Å². The number of hydrogen-bond acceptors (Lipinski definition) is 2. The zero-order valence-corrected chi connectivity index (χ0v) is 11.6. The Labute approximate surface area is 115 Å². The maximum absolute atomic E-state index is 12.3. The van der Waals surface area contributed by atoms with Gasteiger partial charge in [-0.05, 0) is 49.9 Å². The van der Waals surface area contributed by atoms with E-state index >= 15 is 0 Å². The number of nitrogens with one attached hydrogen (secondary N) is 1. The van der Waals surface area contributed by atoms with Gasteiger partial charge >= 0.3 is 0 Å². The maximum atomic E-state index is 12.3. The first-order valence-electron chi connectivity index (χ1n) is 7.41. The number of rotatable bonds is 3. The summed E-state index contributed by atoms with van der Waals surface area (Å²) in [7, 11) is 0. The van der Waals surface area contributed by atoms with Gasteiger partial charge < -0.3 is 10.2 Å². The van der Waals surface area contributed by atoms with Crippen LogP contribution in [0.15, 0.2) is 24.3 Å². The van der Waals surface area contributed by atoms with Gasteiger partial charge in [0.2, 0.25) is 5.91 Å². The smallest absolute Gasteiger partial charge is 0.232 e. The summed E-state index contributed by atoms with van der Waals surface area (Å²) in [6.45, 7) is 5.65. The van der Waals surface area contributed by atoms with Crippen LogP contribution in [-0.2, 0) is 4.79 Å². The standard InChI is InChI=1S/C16H22N2O/c1-2-9-18-10-5-6-12(11-18)15-13-7-3-4-8-14(13)17-16(15)19/h3-4,7-8,12,15H,2,5-6,9-11H2,1H3,(H,17,19)/t12-,15+/m1/s1. The van der Waals surface area contributed by atoms with Crippen LogP contribution < -0.4 is 5.32 Å². The molecule has 3 nitrogen and oxygen atoms in total. The number of carbonyl (C=O) groups is 1. The molecule has 0 saturated carbocycles. The Balaban J connectivity index is 1.80. The monoisotopic (exact) mass is 258 g/mol. The fourth-order valence-corrected chi connectivity index (χ4v) is 3.58. The van der Waals surface area contributed by atoms with Crippen LogP contribution >= 0.6 is 0 Å². The lowest BCUT2D eigenvalue weighted by Gasteiger charge is -2.34. The van der Waals surface area contributed by atoms with Crippen molar-refractivity contribution in [3.05, 3.63) is 29.8 Å². The molecule has 1 amide bonds. The molecule has 2 atom stereocenters. The number of anilines is 1. The highest BCUT2D eigenvalue weighted by Crippen LogP contribution is 2.40. The van der Waals surface area contributed by atoms with E-state index in [1.54, 1.807) is 0 Å². The molecule has 1 aromatic rings. The average molecular weight is 258 g/mol. The number of carbonyl (C=O) groups excluding carboxylic acids is 1. The van der Waals surface area contributed by atoms with Crippen molar-refractivity contribution in [2.75, 3.05) is 25.0 Å². The number of hydrogen-bond donors (Lipinski definition) is 1. The molecule has 1 N–H and O–H groups in total. The first kappa shape index (κ1) is 12.7. The lowest BCUT2D eigenvalue weighted by atomic mass is 9.82. The number of para-hydroxylation sites is 1. The second-order valence-electron chi connectivity index (χ2n) is 5.76. The molecule has 0 radical (unpaired) electrons. The first-order chi connectivity index (χ1) is 9.29. The zero-order valence-electron chi connectivity index (χ0n) is 11.6. The van der Waals surface area contributed by atoms with E-state index in [0.717, 1.165) is 18.8 Å². The third-order valence-corrected chi connectivity index (χ3v) is 4.39. The van der Waals surface area contributed by atoms with Crippen LogP contribution in [0.1, 0.15) is 37.7 Å². The summed E-state index contributed by atoms with van der Waals surface area (Å²) in [6, 6.07) is 8.15. The van der Waals surface area contributed by atoms with Crippen molar-refractivity contribution in [1.29, 1.82) is 0 Å². The molecule has 1 aromatic carbocycles. The quantitative estimate of drug-likeness (QED) is 0.904. The van der Waals surface area contributed by atoms with Crippen molar-refractivity contribution in [3.63, 3.8) is 0 Å². The Kier molecular flexibility index (Phi) is 3.56. The van der Waals surface area contributed by atoms with Crippen molar-refractivity contribution < 1.29 is 4.79 Å². The van der Waals surface area contributed by atoms with Crippen molar-refractivity contribution in [2.24, 2.45) is 5.92 Å². The van der Waals surface area contributed by atoms with Gasteiger partial charge in [-0.3, -0.25) is 4.79 Å². The van der Waals surface area contributed by atoms with E-state index in [1.807, 2.05) is 18.2 Å². The number of fused-ring (bicyclic) bond motifs is 1. The molecule has 0 unspecified atom stereocenters. The van der Waals surface area contributed by atoms with Crippen LogP contribution in [0.2, 0.25) is 0 Å². The largest absolute Gasteiger partial charge is 0.325 e. The molecule has 3 heteroatoms. The Morgan fingerprint density at radius 3 is 3.05 bits per heavy atom. The predicted molar refractivity (Wildman–Crippen MR) is 77.3 cm³/mol. The van der Waals surface area contributed by atoms with Crippen LogP contribution in [0.3, 0.4) is 0 Å². The van der Waals surface area contributed by atoms with Crippen LogP contribution in [-0.4, -0.2) is 30.4 Å². The molecule has 102 valence electrons. The molecule has 2 heterocycles. The predicted octanol–water partition coefficient (Wildman–Crippen LogP) is 2.84. The van der Waals surface area contributed by atoms with Crippen LogP contribution in [0, 0.1) is 5.92 Å². The minimum Gasteiger partial charge on any atom is -0.325 e. The summed E-state index contributed by atoms with van der Waals surface area (Å²) < 4.78 is 0. The molecule has 19 heavy (non-hydrogen) atoms. The zero-order chi connectivity index (χ0) is 13.2. The summed E-state index contributed by atoms with van der Waals surface area (Å²) in [6.07, 6.45) is 3.59. The minimum absolute atomic E-state index is 0.0656. The van der Waals surface area contributed by atoms with E-state index in [9.17, 15) is 4.79 Å². The van der Waals surface area contributed by atoms with Crippen LogP contribution in [0.25, 0.3) is 0 Å². The van der Waals surface area contributed by atoms with Crippen LogP contribution in [0.4, 0.5) is 5.69 Å². The van der Waals surface area contributed by atoms with Gasteiger partial charge in [0, 0.05) is 12.2 Å². The summed E-state index contributed by atoms with van der Waals surface area (Å²) >= 11 is 0. The van der Waals surface area contributed by atoms with Gasteiger partial charge in [-0.25, -0.2) is 0 Å². The Hall–Kier alpha value is -1.35. The van der Waals surface area contributed by atoms with Gasteiger partial charge in [-0.15, -0.1) is 0 Å². The summed E-state index contributed by atoms with van der Waals surface area (Å²) in [5.74, 6) is 0.740. The molecule has 0 aromatic heterocycles. The summed E-state index contributed by atoms with van der Waals surface area (Å²) in [5.41, 5.74) is 2.22. The number of piperidine rings is 1. The minimum atomic E-state index is 0.0656. The number of nitrogens with zero attached hydrogens (tertiary/aromatic N) is 1. The lowest BCUT2D eigenvalue weighted by Crippen LogP contribution is -2.39. The van der Waals surface area contributed by atoms with Gasteiger partial charge in [-0.2, -0.15) is 0 Å². The first-order valence-corrected chi connectivity index (χ1v) is 7.41. The van der Waals surface area contributed by atoms with E-state index in [0.29, 0.717) is 5.92 Å². The number of benzene rings is 1. The summed E-state index contributed by atoms with van der Waals surface area (Å²) in [5, 5.41) is 3.03. The number of likely N-dealkylation sites (tertiary alicyclic amines) is 1. The van der Waals surface area contributed by atoms with E-state index in [4.69, 9.17) is 0 Å². The molecule has 0 bridgehead atoms. The molecule has 1 saturated heterocycles. The number of amides is 1. The Morgan fingerprint density at radius 1 is 1.37 bits per heavy atom. The van der Waals surface area contributed by atoms with Gasteiger partial charge in [0.1, 0.15) is 0 Å². The lowest BCUT2D eigenvalue weighted by molar-refractivity contribution is -0.118. The van der Waals surface area contributed by atoms with Crippen molar-refractivity contribution in [3.8, 4) is 0 Å². The molecule has 0 spiro atoms. The second-order valence-corrected chi connectivity index (χ2v) is 5.76. The van der Waals surface area contributed by atoms with E-state index in [2.05, 4.69) is 23.2 Å². The maximum Gasteiger partial charge on any atom is 0.232 e. The van der Waals surface area contributed by atoms with E-state index < -0.39 is 0 Å². The van der Waals surface area contributed by atoms with Gasteiger partial charge in [0.05, 0.1) is 5.92 Å². The summed E-state index contributed by atoms with van der Waals surface area (Å²) in [4.78, 5) is 14.8. The van der Waals surface area contributed by atoms with E-state index in [1.165, 1.54) is 31.4 Å². The molecule has 2 aliphatic rings. The third-order valence-electron chi connectivity index (χ3n) is 4.39. The van der Waals surface area contributed by atoms with E-state index in [-0.39, 0.29) is 11.8 Å². The van der Waals surface area contributed by atoms with Gasteiger partial charge in [0.25, 0.3) is 0 Å². The molecule has 1 fully saturated rings. The molecule has 0 aliphatic carbocycles. The Morgan fingerprint density at radius 2 is 2.21 bits per heavy atom. The third kappa shape index (κ3) is 2.39. The molecule has 3 rings (SSSR count). The van der Waals surface area contributed by atoms with Crippen molar-refractivity contribution in [2.45, 2.75) is 32.1 Å². The van der Waals surface area contributed by atoms with Gasteiger partial charge in [0.15, 0.2) is 0 Å². The highest BCUT2D eigenvalue weighted by Gasteiger charge is 2.38. The SMILES string of the molecule is CCCN1CCC[C@@H]([C@@H]2C(=O)Nc3ccccc32)C1. The second kappa shape index (κ2) is 5.33. The average Bonchev–Trinajstić information content (AvgIpc) is 2.75. The molecular formula is C16H22N2O. The topological polar surface area (TPSA) is 32.3 Å².